The smallest absolute Gasteiger partial charge is 0.256 e. The number of rotatable bonds is 8. The molecule has 152 valence electrons. The van der Waals surface area contributed by atoms with Gasteiger partial charge in [0, 0.05) is 26.0 Å². The van der Waals surface area contributed by atoms with Crippen LogP contribution in [0.15, 0.2) is 85.3 Å². The van der Waals surface area contributed by atoms with Crippen molar-refractivity contribution in [2.45, 2.75) is 19.8 Å². The fourth-order valence-corrected chi connectivity index (χ4v) is 3.27. The van der Waals surface area contributed by atoms with E-state index in [0.717, 1.165) is 22.5 Å². The number of hydrogen-bond acceptors (Lipinski definition) is 3. The van der Waals surface area contributed by atoms with E-state index in [4.69, 9.17) is 4.74 Å². The van der Waals surface area contributed by atoms with Crippen LogP contribution < -0.4 is 5.32 Å². The van der Waals surface area contributed by atoms with Gasteiger partial charge < -0.3 is 14.6 Å². The zero-order valence-electron chi connectivity index (χ0n) is 16.9. The number of aryl methyl sites for hydroxylation is 1. The molecular formula is C24H24N4O2. The molecule has 0 saturated heterocycles. The van der Waals surface area contributed by atoms with E-state index >= 15 is 0 Å². The SMILES string of the molecule is Cn1ncc(C(=O)NCc2ccc(COCc3ccccc3)cc2)c1-n1cccc1. The van der Waals surface area contributed by atoms with Crippen LogP contribution in [0.5, 0.6) is 0 Å². The molecule has 0 aliphatic rings. The lowest BCUT2D eigenvalue weighted by molar-refractivity contribution is 0.0950. The summed E-state index contributed by atoms with van der Waals surface area (Å²) in [5, 5.41) is 7.21. The average Bonchev–Trinajstić information content (AvgIpc) is 3.43. The van der Waals surface area contributed by atoms with Crippen molar-refractivity contribution in [3.63, 3.8) is 0 Å². The summed E-state index contributed by atoms with van der Waals surface area (Å²) in [5.41, 5.74) is 3.83. The Labute approximate surface area is 175 Å². The monoisotopic (exact) mass is 400 g/mol. The van der Waals surface area contributed by atoms with Gasteiger partial charge >= 0.3 is 0 Å². The van der Waals surface area contributed by atoms with E-state index < -0.39 is 0 Å². The van der Waals surface area contributed by atoms with Crippen molar-refractivity contribution in [3.05, 3.63) is 108 Å². The third-order valence-corrected chi connectivity index (χ3v) is 4.86. The summed E-state index contributed by atoms with van der Waals surface area (Å²) in [7, 11) is 1.82. The first-order valence-electron chi connectivity index (χ1n) is 9.84. The number of carbonyl (C=O) groups is 1. The minimum absolute atomic E-state index is 0.151. The maximum atomic E-state index is 12.7. The van der Waals surface area contributed by atoms with Crippen molar-refractivity contribution >= 4 is 5.91 Å². The van der Waals surface area contributed by atoms with Crippen molar-refractivity contribution in [2.24, 2.45) is 7.05 Å². The summed E-state index contributed by atoms with van der Waals surface area (Å²) in [6.45, 7) is 1.59. The summed E-state index contributed by atoms with van der Waals surface area (Å²) in [6.07, 6.45) is 5.39. The highest BCUT2D eigenvalue weighted by Crippen LogP contribution is 2.14. The fraction of sp³-hybridized carbons (Fsp3) is 0.167. The Balaban J connectivity index is 1.31. The van der Waals surface area contributed by atoms with Crippen LogP contribution in [0.3, 0.4) is 0 Å². The fourth-order valence-electron chi connectivity index (χ4n) is 3.27. The lowest BCUT2D eigenvalue weighted by atomic mass is 10.1. The van der Waals surface area contributed by atoms with E-state index in [9.17, 15) is 4.79 Å². The van der Waals surface area contributed by atoms with Crippen LogP contribution in [0.2, 0.25) is 0 Å². The highest BCUT2D eigenvalue weighted by molar-refractivity contribution is 5.97. The number of benzene rings is 2. The first-order valence-corrected chi connectivity index (χ1v) is 9.84. The van der Waals surface area contributed by atoms with Gasteiger partial charge in [0.15, 0.2) is 0 Å². The quantitative estimate of drug-likeness (QED) is 0.489. The Morgan fingerprint density at radius 3 is 2.23 bits per heavy atom. The van der Waals surface area contributed by atoms with Crippen molar-refractivity contribution in [3.8, 4) is 5.82 Å². The van der Waals surface area contributed by atoms with Crippen molar-refractivity contribution in [1.29, 1.82) is 0 Å². The molecular weight excluding hydrogens is 376 g/mol. The van der Waals surface area contributed by atoms with Crippen LogP contribution >= 0.6 is 0 Å². The van der Waals surface area contributed by atoms with Crippen LogP contribution in [0.4, 0.5) is 0 Å². The van der Waals surface area contributed by atoms with E-state index in [-0.39, 0.29) is 5.91 Å². The largest absolute Gasteiger partial charge is 0.372 e. The molecule has 1 amide bonds. The van der Waals surface area contributed by atoms with E-state index in [1.807, 2.05) is 78.6 Å². The highest BCUT2D eigenvalue weighted by atomic mass is 16.5. The molecule has 2 aromatic heterocycles. The first kappa shape index (κ1) is 19.7. The predicted molar refractivity (Wildman–Crippen MR) is 115 cm³/mol. The number of nitrogens with one attached hydrogen (secondary N) is 1. The van der Waals surface area contributed by atoms with Crippen LogP contribution in [0, 0.1) is 0 Å². The molecule has 4 rings (SSSR count). The molecule has 6 nitrogen and oxygen atoms in total. The highest BCUT2D eigenvalue weighted by Gasteiger charge is 2.17. The maximum absolute atomic E-state index is 12.7. The molecule has 0 atom stereocenters. The minimum Gasteiger partial charge on any atom is -0.372 e. The Morgan fingerprint density at radius 2 is 1.53 bits per heavy atom. The predicted octanol–water partition coefficient (Wildman–Crippen LogP) is 3.86. The van der Waals surface area contributed by atoms with Gasteiger partial charge in [-0.2, -0.15) is 5.10 Å². The van der Waals surface area contributed by atoms with Crippen LogP contribution in [0.25, 0.3) is 5.82 Å². The summed E-state index contributed by atoms with van der Waals surface area (Å²) >= 11 is 0. The van der Waals surface area contributed by atoms with Crippen molar-refractivity contribution < 1.29 is 9.53 Å². The standard InChI is InChI=1S/C24H24N4O2/c1-27-24(28-13-5-6-14-28)22(16-26-27)23(29)25-15-19-9-11-21(12-10-19)18-30-17-20-7-3-2-4-8-20/h2-14,16H,15,17-18H2,1H3,(H,25,29). The number of ether oxygens (including phenoxy) is 1. The molecule has 0 aliphatic heterocycles. The van der Waals surface area contributed by atoms with Gasteiger partial charge in [0.2, 0.25) is 0 Å². The maximum Gasteiger partial charge on any atom is 0.256 e. The second kappa shape index (κ2) is 9.24. The van der Waals surface area contributed by atoms with E-state index in [0.29, 0.717) is 25.3 Å². The molecule has 0 fully saturated rings. The van der Waals surface area contributed by atoms with E-state index in [1.54, 1.807) is 10.9 Å². The average molecular weight is 400 g/mol. The molecule has 0 unspecified atom stereocenters. The van der Waals surface area contributed by atoms with Crippen molar-refractivity contribution in [2.75, 3.05) is 0 Å². The number of nitrogens with zero attached hydrogens (tertiary/aromatic N) is 3. The van der Waals surface area contributed by atoms with Crippen LogP contribution in [0.1, 0.15) is 27.0 Å². The van der Waals surface area contributed by atoms with Crippen LogP contribution in [-0.4, -0.2) is 20.3 Å². The van der Waals surface area contributed by atoms with Gasteiger partial charge in [-0.05, 0) is 28.8 Å². The van der Waals surface area contributed by atoms with E-state index in [2.05, 4.69) is 22.5 Å². The van der Waals surface area contributed by atoms with Gasteiger partial charge in [0.25, 0.3) is 5.91 Å². The third kappa shape index (κ3) is 4.67. The number of hydrogen-bond donors (Lipinski definition) is 1. The molecule has 0 spiro atoms. The first-order chi connectivity index (χ1) is 14.7. The summed E-state index contributed by atoms with van der Waals surface area (Å²) < 4.78 is 9.35. The molecule has 6 heteroatoms. The van der Waals surface area contributed by atoms with Gasteiger partial charge in [-0.3, -0.25) is 9.48 Å². The minimum atomic E-state index is -0.151. The molecule has 0 aliphatic carbocycles. The Hall–Kier alpha value is -3.64. The van der Waals surface area contributed by atoms with Crippen LogP contribution in [-0.2, 0) is 31.5 Å². The van der Waals surface area contributed by atoms with Gasteiger partial charge in [0.05, 0.1) is 19.4 Å². The number of carbonyl (C=O) groups excluding carboxylic acids is 1. The summed E-state index contributed by atoms with van der Waals surface area (Å²) in [5.74, 6) is 0.588. The summed E-state index contributed by atoms with van der Waals surface area (Å²) in [4.78, 5) is 12.7. The topological polar surface area (TPSA) is 61.1 Å². The second-order valence-corrected chi connectivity index (χ2v) is 7.07. The second-order valence-electron chi connectivity index (χ2n) is 7.07. The van der Waals surface area contributed by atoms with Gasteiger partial charge in [-0.25, -0.2) is 0 Å². The molecule has 2 aromatic carbocycles. The van der Waals surface area contributed by atoms with Gasteiger partial charge in [-0.1, -0.05) is 54.6 Å². The third-order valence-electron chi connectivity index (χ3n) is 4.86. The lowest BCUT2D eigenvalue weighted by Gasteiger charge is -2.09. The molecule has 4 aromatic rings. The normalized spacial score (nSPS) is 10.8. The molecule has 2 heterocycles. The molecule has 0 saturated carbocycles. The Bertz CT molecular complexity index is 1080. The number of aromatic nitrogens is 3. The zero-order chi connectivity index (χ0) is 20.8. The zero-order valence-corrected chi connectivity index (χ0v) is 16.9. The van der Waals surface area contributed by atoms with E-state index in [1.165, 1.54) is 0 Å². The molecule has 1 N–H and O–H groups in total. The van der Waals surface area contributed by atoms with Crippen molar-refractivity contribution in [1.82, 2.24) is 19.7 Å². The Morgan fingerprint density at radius 1 is 0.900 bits per heavy atom. The molecule has 0 bridgehead atoms. The Kier molecular flexibility index (Phi) is 6.06. The number of amides is 1. The van der Waals surface area contributed by atoms with Gasteiger partial charge in [-0.15, -0.1) is 0 Å². The summed E-state index contributed by atoms with van der Waals surface area (Å²) in [6, 6.07) is 22.0. The molecule has 0 radical (unpaired) electrons. The van der Waals surface area contributed by atoms with Gasteiger partial charge in [0.1, 0.15) is 11.4 Å². The molecule has 30 heavy (non-hydrogen) atoms. The lowest BCUT2D eigenvalue weighted by Crippen LogP contribution is -2.24.